The summed E-state index contributed by atoms with van der Waals surface area (Å²) in [7, 11) is 0. The highest BCUT2D eigenvalue weighted by atomic mass is 79.9. The van der Waals surface area contributed by atoms with E-state index in [-0.39, 0.29) is 18.4 Å². The maximum atomic E-state index is 10.5. The Bertz CT molecular complexity index is 196. The Labute approximate surface area is 72.3 Å². The quantitative estimate of drug-likeness (QED) is 0.298. The minimum Gasteiger partial charge on any atom is -0.459 e. The van der Waals surface area contributed by atoms with E-state index in [0.29, 0.717) is 0 Å². The summed E-state index contributed by atoms with van der Waals surface area (Å²) in [6, 6.07) is 1.78. The molecule has 4 nitrogen and oxygen atoms in total. The van der Waals surface area contributed by atoms with Crippen LogP contribution in [0.3, 0.4) is 0 Å². The fourth-order valence-electron chi connectivity index (χ4n) is 0.324. The number of ketones is 1. The molecule has 0 heterocycles. The second kappa shape index (κ2) is 5.86. The summed E-state index contributed by atoms with van der Waals surface area (Å²) in [5, 5.41) is 8.00. The summed E-state index contributed by atoms with van der Waals surface area (Å²) in [6.07, 6.45) is 0.112. The Hall–Kier alpha value is -0.890. The number of nitriles is 1. The van der Waals surface area contributed by atoms with Crippen LogP contribution in [-0.4, -0.2) is 23.7 Å². The van der Waals surface area contributed by atoms with Gasteiger partial charge in [-0.05, 0) is 0 Å². The van der Waals surface area contributed by atoms with Crippen molar-refractivity contribution in [2.24, 2.45) is 0 Å². The van der Waals surface area contributed by atoms with Crippen LogP contribution in [0.4, 0.5) is 0 Å². The molecule has 0 N–H and O–H groups in total. The first-order chi connectivity index (χ1) is 5.22. The van der Waals surface area contributed by atoms with Crippen molar-refractivity contribution in [3.8, 4) is 6.07 Å². The van der Waals surface area contributed by atoms with Crippen LogP contribution in [0.25, 0.3) is 0 Å². The van der Waals surface area contributed by atoms with E-state index in [0.717, 1.165) is 0 Å². The van der Waals surface area contributed by atoms with Gasteiger partial charge in [-0.15, -0.1) is 0 Å². The normalized spacial score (nSPS) is 8.36. The molecule has 0 fully saturated rings. The summed E-state index contributed by atoms with van der Waals surface area (Å²) in [5.41, 5.74) is 0. The molecule has 0 saturated heterocycles. The molecule has 0 aliphatic rings. The van der Waals surface area contributed by atoms with Crippen LogP contribution in [-0.2, 0) is 14.3 Å². The molecule has 0 spiro atoms. The molecule has 0 rings (SSSR count). The Kier molecular flexibility index (Phi) is 5.39. The lowest BCUT2D eigenvalue weighted by Crippen LogP contribution is -2.18. The van der Waals surface area contributed by atoms with Gasteiger partial charge in [0.15, 0.2) is 0 Å². The third-order valence-corrected chi connectivity index (χ3v) is 1.31. The van der Waals surface area contributed by atoms with Gasteiger partial charge in [0.25, 0.3) is 0 Å². The Morgan fingerprint density at radius 3 is 2.64 bits per heavy atom. The molecule has 0 atom stereocenters. The number of carbonyl (C=O) groups is 2. The lowest BCUT2D eigenvalue weighted by atomic mass is 10.4. The van der Waals surface area contributed by atoms with E-state index < -0.39 is 11.8 Å². The zero-order valence-electron chi connectivity index (χ0n) is 5.67. The standard InChI is InChI=1S/C6H6BrNO3/c7-4-5(9)6(10)11-3-1-2-8/h1,3-4H2. The zero-order valence-corrected chi connectivity index (χ0v) is 7.26. The first kappa shape index (κ1) is 10.1. The number of carbonyl (C=O) groups excluding carboxylic acids is 2. The molecule has 0 amide bonds. The predicted octanol–water partition coefficient (Wildman–Crippen LogP) is 0.407. The molecule has 0 aromatic carbocycles. The topological polar surface area (TPSA) is 67.2 Å². The maximum Gasteiger partial charge on any atom is 0.375 e. The van der Waals surface area contributed by atoms with E-state index in [2.05, 4.69) is 20.7 Å². The summed E-state index contributed by atoms with van der Waals surface area (Å²) in [4.78, 5) is 21.0. The number of alkyl halides is 1. The second-order valence-electron chi connectivity index (χ2n) is 1.60. The number of esters is 1. The number of ether oxygens (including phenoxy) is 1. The third kappa shape index (κ3) is 4.51. The van der Waals surface area contributed by atoms with Gasteiger partial charge in [-0.25, -0.2) is 4.79 Å². The lowest BCUT2D eigenvalue weighted by molar-refractivity contribution is -0.152. The molecular weight excluding hydrogens is 214 g/mol. The van der Waals surface area contributed by atoms with Crippen molar-refractivity contribution in [3.63, 3.8) is 0 Å². The summed E-state index contributed by atoms with van der Waals surface area (Å²) in [6.45, 7) is -0.0198. The molecule has 11 heavy (non-hydrogen) atoms. The van der Waals surface area contributed by atoms with Crippen molar-refractivity contribution in [3.05, 3.63) is 0 Å². The van der Waals surface area contributed by atoms with E-state index in [1.165, 1.54) is 0 Å². The first-order valence-electron chi connectivity index (χ1n) is 2.85. The highest BCUT2D eigenvalue weighted by molar-refractivity contribution is 9.09. The lowest BCUT2D eigenvalue weighted by Gasteiger charge is -1.97. The third-order valence-electron chi connectivity index (χ3n) is 0.796. The van der Waals surface area contributed by atoms with Crippen LogP contribution < -0.4 is 0 Å². The van der Waals surface area contributed by atoms with Gasteiger partial charge in [0, 0.05) is 0 Å². The summed E-state index contributed by atoms with van der Waals surface area (Å²) < 4.78 is 4.39. The molecule has 0 unspecified atom stereocenters. The van der Waals surface area contributed by atoms with E-state index in [9.17, 15) is 9.59 Å². The van der Waals surface area contributed by atoms with Gasteiger partial charge in [0.2, 0.25) is 5.78 Å². The molecule has 60 valence electrons. The van der Waals surface area contributed by atoms with Crippen molar-refractivity contribution in [2.75, 3.05) is 11.9 Å². The van der Waals surface area contributed by atoms with Crippen molar-refractivity contribution in [1.29, 1.82) is 5.26 Å². The van der Waals surface area contributed by atoms with Gasteiger partial charge >= 0.3 is 5.97 Å². The Morgan fingerprint density at radius 2 is 2.18 bits per heavy atom. The molecule has 0 aliphatic carbocycles. The largest absolute Gasteiger partial charge is 0.459 e. The molecule has 5 heteroatoms. The van der Waals surface area contributed by atoms with Gasteiger partial charge in [-0.3, -0.25) is 4.79 Å². The summed E-state index contributed by atoms with van der Waals surface area (Å²) >= 11 is 2.81. The SMILES string of the molecule is N#CCCOC(=O)C(=O)CBr. The van der Waals surface area contributed by atoms with Gasteiger partial charge < -0.3 is 4.74 Å². The van der Waals surface area contributed by atoms with Crippen LogP contribution in [0, 0.1) is 11.3 Å². The van der Waals surface area contributed by atoms with Crippen molar-refractivity contribution < 1.29 is 14.3 Å². The number of hydrogen-bond donors (Lipinski definition) is 0. The molecule has 0 aliphatic heterocycles. The van der Waals surface area contributed by atoms with Gasteiger partial charge in [-0.1, -0.05) is 15.9 Å². The van der Waals surface area contributed by atoms with E-state index in [1.807, 2.05) is 0 Å². The minimum atomic E-state index is -0.892. The van der Waals surface area contributed by atoms with Gasteiger partial charge in [0.05, 0.1) is 17.8 Å². The van der Waals surface area contributed by atoms with E-state index in [4.69, 9.17) is 5.26 Å². The first-order valence-corrected chi connectivity index (χ1v) is 3.97. The van der Waals surface area contributed by atoms with Gasteiger partial charge in [0.1, 0.15) is 6.61 Å². The minimum absolute atomic E-state index is 0.0198. The smallest absolute Gasteiger partial charge is 0.375 e. The monoisotopic (exact) mass is 219 g/mol. The molecular formula is C6H6BrNO3. The zero-order chi connectivity index (χ0) is 8.69. The molecule has 0 aromatic heterocycles. The van der Waals surface area contributed by atoms with Crippen molar-refractivity contribution in [2.45, 2.75) is 6.42 Å². The average Bonchev–Trinajstić information content (AvgIpc) is 2.03. The predicted molar refractivity (Wildman–Crippen MR) is 40.0 cm³/mol. The summed E-state index contributed by atoms with van der Waals surface area (Å²) in [5.74, 6) is -1.53. The number of Topliss-reactive ketones (excluding diaryl/α,β-unsaturated/α-hetero) is 1. The number of nitrogens with zero attached hydrogens (tertiary/aromatic N) is 1. The Morgan fingerprint density at radius 1 is 1.55 bits per heavy atom. The highest BCUT2D eigenvalue weighted by Gasteiger charge is 2.12. The van der Waals surface area contributed by atoms with Crippen LogP contribution in [0.5, 0.6) is 0 Å². The van der Waals surface area contributed by atoms with E-state index >= 15 is 0 Å². The Balaban J connectivity index is 3.54. The number of hydrogen-bond acceptors (Lipinski definition) is 4. The number of rotatable bonds is 4. The van der Waals surface area contributed by atoms with Gasteiger partial charge in [-0.2, -0.15) is 5.26 Å². The molecule has 0 radical (unpaired) electrons. The second-order valence-corrected chi connectivity index (χ2v) is 2.16. The molecule has 0 bridgehead atoms. The molecule has 0 saturated carbocycles. The molecule has 0 aromatic rings. The van der Waals surface area contributed by atoms with Crippen molar-refractivity contribution >= 4 is 27.7 Å². The van der Waals surface area contributed by atoms with Crippen LogP contribution in [0.2, 0.25) is 0 Å². The van der Waals surface area contributed by atoms with Crippen LogP contribution in [0.15, 0.2) is 0 Å². The van der Waals surface area contributed by atoms with Crippen LogP contribution in [0.1, 0.15) is 6.42 Å². The fraction of sp³-hybridized carbons (Fsp3) is 0.500. The fourth-order valence-corrected chi connectivity index (χ4v) is 0.553. The highest BCUT2D eigenvalue weighted by Crippen LogP contribution is 1.88. The van der Waals surface area contributed by atoms with Crippen molar-refractivity contribution in [1.82, 2.24) is 0 Å². The average molecular weight is 220 g/mol. The van der Waals surface area contributed by atoms with E-state index in [1.54, 1.807) is 6.07 Å². The maximum absolute atomic E-state index is 10.5. The number of halogens is 1. The van der Waals surface area contributed by atoms with Crippen LogP contribution >= 0.6 is 15.9 Å².